The predicted molar refractivity (Wildman–Crippen MR) is 115 cm³/mol. The maximum Gasteiger partial charge on any atom is 0.278 e. The minimum atomic E-state index is -0.340. The van der Waals surface area contributed by atoms with Crippen LogP contribution in [-0.2, 0) is 16.1 Å². The Hall–Kier alpha value is -2.95. The van der Waals surface area contributed by atoms with Gasteiger partial charge in [-0.15, -0.1) is 0 Å². The van der Waals surface area contributed by atoms with Gasteiger partial charge in [-0.05, 0) is 48.4 Å². The van der Waals surface area contributed by atoms with Gasteiger partial charge in [0.2, 0.25) is 0 Å². The molecule has 0 aliphatic carbocycles. The molecule has 0 bridgehead atoms. The topological polar surface area (TPSA) is 40.6 Å². The van der Waals surface area contributed by atoms with Gasteiger partial charge in [-0.25, -0.2) is 4.39 Å². The SMILES string of the molecule is Cc1ccc(C2=C(N3CC(C)CC(C)C3)C(=O)N(Cc3ccc(F)cc3)C2=O)cc1. The van der Waals surface area contributed by atoms with Crippen molar-refractivity contribution in [3.05, 3.63) is 76.7 Å². The molecule has 2 unspecified atom stereocenters. The molecule has 2 amide bonds. The first-order valence-electron chi connectivity index (χ1n) is 10.5. The molecule has 0 N–H and O–H groups in total. The number of aryl methyl sites for hydroxylation is 1. The Morgan fingerprint density at radius 2 is 1.50 bits per heavy atom. The number of hydrogen-bond acceptors (Lipinski definition) is 3. The lowest BCUT2D eigenvalue weighted by Crippen LogP contribution is -2.41. The molecule has 0 radical (unpaired) electrons. The van der Waals surface area contributed by atoms with Gasteiger partial charge in [0, 0.05) is 13.1 Å². The fraction of sp³-hybridized carbons (Fsp3) is 0.360. The molecule has 1 fully saturated rings. The summed E-state index contributed by atoms with van der Waals surface area (Å²) in [6.07, 6.45) is 1.12. The van der Waals surface area contributed by atoms with Crippen molar-refractivity contribution in [2.75, 3.05) is 13.1 Å². The Bertz CT molecular complexity index is 985. The first kappa shape index (κ1) is 20.3. The number of imide groups is 1. The highest BCUT2D eigenvalue weighted by atomic mass is 19.1. The fourth-order valence-corrected chi connectivity index (χ4v) is 4.60. The molecule has 5 heteroatoms. The molecule has 2 atom stereocenters. The number of amides is 2. The normalized spacial score (nSPS) is 22.3. The van der Waals surface area contributed by atoms with Crippen LogP contribution in [0.15, 0.2) is 54.2 Å². The summed E-state index contributed by atoms with van der Waals surface area (Å²) in [7, 11) is 0. The first-order chi connectivity index (χ1) is 14.3. The third kappa shape index (κ3) is 3.89. The van der Waals surface area contributed by atoms with Crippen LogP contribution in [0.3, 0.4) is 0 Å². The summed E-state index contributed by atoms with van der Waals surface area (Å²) >= 11 is 0. The Kier molecular flexibility index (Phi) is 5.46. The molecular weight excluding hydrogens is 379 g/mol. The van der Waals surface area contributed by atoms with Crippen molar-refractivity contribution in [2.24, 2.45) is 11.8 Å². The molecule has 2 aromatic carbocycles. The highest BCUT2D eigenvalue weighted by Gasteiger charge is 2.42. The summed E-state index contributed by atoms with van der Waals surface area (Å²) in [6.45, 7) is 8.03. The van der Waals surface area contributed by atoms with Crippen LogP contribution in [0, 0.1) is 24.6 Å². The molecular formula is C25H27FN2O2. The van der Waals surface area contributed by atoms with Gasteiger partial charge in [-0.2, -0.15) is 0 Å². The molecule has 4 nitrogen and oxygen atoms in total. The minimum Gasteiger partial charge on any atom is -0.366 e. The summed E-state index contributed by atoms with van der Waals surface area (Å²) in [5, 5.41) is 0. The van der Waals surface area contributed by atoms with Crippen molar-refractivity contribution in [1.29, 1.82) is 0 Å². The summed E-state index contributed by atoms with van der Waals surface area (Å²) in [4.78, 5) is 30.3. The Balaban J connectivity index is 1.74. The van der Waals surface area contributed by atoms with E-state index in [0.29, 0.717) is 23.1 Å². The number of carbonyl (C=O) groups is 2. The van der Waals surface area contributed by atoms with Crippen LogP contribution in [-0.4, -0.2) is 34.7 Å². The van der Waals surface area contributed by atoms with Crippen LogP contribution in [0.5, 0.6) is 0 Å². The van der Waals surface area contributed by atoms with Crippen LogP contribution in [0.4, 0.5) is 4.39 Å². The fourth-order valence-electron chi connectivity index (χ4n) is 4.60. The average molecular weight is 407 g/mol. The number of nitrogens with zero attached hydrogens (tertiary/aromatic N) is 2. The smallest absolute Gasteiger partial charge is 0.278 e. The van der Waals surface area contributed by atoms with E-state index in [9.17, 15) is 14.0 Å². The van der Waals surface area contributed by atoms with E-state index in [-0.39, 0.29) is 24.2 Å². The first-order valence-corrected chi connectivity index (χ1v) is 10.5. The summed E-state index contributed by atoms with van der Waals surface area (Å²) in [6, 6.07) is 13.7. The summed E-state index contributed by atoms with van der Waals surface area (Å²) in [5.74, 6) is 0.0210. The Morgan fingerprint density at radius 3 is 2.10 bits per heavy atom. The molecule has 4 rings (SSSR count). The second kappa shape index (κ2) is 8.05. The number of likely N-dealkylation sites (tertiary alicyclic amines) is 1. The summed E-state index contributed by atoms with van der Waals surface area (Å²) < 4.78 is 13.3. The summed E-state index contributed by atoms with van der Waals surface area (Å²) in [5.41, 5.74) is 3.57. The van der Waals surface area contributed by atoms with Crippen molar-refractivity contribution in [3.63, 3.8) is 0 Å². The highest BCUT2D eigenvalue weighted by Crippen LogP contribution is 2.35. The van der Waals surface area contributed by atoms with Crippen LogP contribution < -0.4 is 0 Å². The minimum absolute atomic E-state index is 0.135. The van der Waals surface area contributed by atoms with Crippen LogP contribution in [0.25, 0.3) is 5.57 Å². The molecule has 1 saturated heterocycles. The van der Waals surface area contributed by atoms with Gasteiger partial charge < -0.3 is 4.90 Å². The highest BCUT2D eigenvalue weighted by molar-refractivity contribution is 6.35. The number of hydrogen-bond donors (Lipinski definition) is 0. The standard InChI is InChI=1S/C25H27FN2O2/c1-16-4-8-20(9-5-16)22-23(27-13-17(2)12-18(3)14-27)25(30)28(24(22)29)15-19-6-10-21(26)11-7-19/h4-11,17-18H,12-15H2,1-3H3. The zero-order valence-electron chi connectivity index (χ0n) is 17.7. The van der Waals surface area contributed by atoms with Crippen LogP contribution >= 0.6 is 0 Å². The van der Waals surface area contributed by atoms with Gasteiger partial charge in [-0.1, -0.05) is 55.8 Å². The Morgan fingerprint density at radius 1 is 0.900 bits per heavy atom. The monoisotopic (exact) mass is 406 g/mol. The molecule has 30 heavy (non-hydrogen) atoms. The van der Waals surface area contributed by atoms with E-state index in [0.717, 1.165) is 36.2 Å². The number of halogens is 1. The zero-order valence-corrected chi connectivity index (χ0v) is 17.7. The number of benzene rings is 2. The van der Waals surface area contributed by atoms with Crippen LogP contribution in [0.1, 0.15) is 37.0 Å². The lowest BCUT2D eigenvalue weighted by molar-refractivity contribution is -0.138. The van der Waals surface area contributed by atoms with Gasteiger partial charge in [0.25, 0.3) is 11.8 Å². The predicted octanol–water partition coefficient (Wildman–Crippen LogP) is 4.39. The quantitative estimate of drug-likeness (QED) is 0.707. The Labute approximate surface area is 177 Å². The van der Waals surface area contributed by atoms with E-state index in [1.165, 1.54) is 17.0 Å². The second-order valence-corrected chi connectivity index (χ2v) is 8.76. The van der Waals surface area contributed by atoms with Crippen molar-refractivity contribution >= 4 is 17.4 Å². The maximum absolute atomic E-state index is 13.5. The molecule has 2 heterocycles. The molecule has 2 aliphatic rings. The number of piperidine rings is 1. The molecule has 2 aliphatic heterocycles. The number of carbonyl (C=O) groups excluding carboxylic acids is 2. The van der Waals surface area contributed by atoms with E-state index in [1.54, 1.807) is 12.1 Å². The molecule has 0 saturated carbocycles. The average Bonchev–Trinajstić information content (AvgIpc) is 2.94. The molecule has 0 aromatic heterocycles. The van der Waals surface area contributed by atoms with Gasteiger partial charge in [-0.3, -0.25) is 14.5 Å². The van der Waals surface area contributed by atoms with E-state index >= 15 is 0 Å². The van der Waals surface area contributed by atoms with E-state index < -0.39 is 0 Å². The second-order valence-electron chi connectivity index (χ2n) is 8.76. The maximum atomic E-state index is 13.5. The van der Waals surface area contributed by atoms with E-state index in [2.05, 4.69) is 18.7 Å². The van der Waals surface area contributed by atoms with Crippen molar-refractivity contribution in [2.45, 2.75) is 33.7 Å². The van der Waals surface area contributed by atoms with E-state index in [4.69, 9.17) is 0 Å². The zero-order chi connectivity index (χ0) is 21.4. The lowest BCUT2D eigenvalue weighted by atomic mass is 9.91. The van der Waals surface area contributed by atoms with Crippen molar-refractivity contribution in [3.8, 4) is 0 Å². The molecule has 0 spiro atoms. The van der Waals surface area contributed by atoms with Gasteiger partial charge >= 0.3 is 0 Å². The molecule has 2 aromatic rings. The van der Waals surface area contributed by atoms with Crippen molar-refractivity contribution < 1.29 is 14.0 Å². The third-order valence-electron chi connectivity index (χ3n) is 5.92. The largest absolute Gasteiger partial charge is 0.366 e. The number of rotatable bonds is 4. The third-order valence-corrected chi connectivity index (χ3v) is 5.92. The van der Waals surface area contributed by atoms with Gasteiger partial charge in [0.05, 0.1) is 12.1 Å². The lowest BCUT2D eigenvalue weighted by Gasteiger charge is -2.37. The van der Waals surface area contributed by atoms with E-state index in [1.807, 2.05) is 31.2 Å². The van der Waals surface area contributed by atoms with Gasteiger partial charge in [0.15, 0.2) is 0 Å². The van der Waals surface area contributed by atoms with Crippen LogP contribution in [0.2, 0.25) is 0 Å². The van der Waals surface area contributed by atoms with Crippen molar-refractivity contribution in [1.82, 2.24) is 9.80 Å². The molecule has 156 valence electrons. The van der Waals surface area contributed by atoms with Gasteiger partial charge in [0.1, 0.15) is 11.5 Å².